The van der Waals surface area contributed by atoms with E-state index in [-0.39, 0.29) is 11.9 Å². The molecule has 0 N–H and O–H groups in total. The quantitative estimate of drug-likeness (QED) is 0.472. The third kappa shape index (κ3) is 5.82. The molecular weight excluding hydrogens is 412 g/mol. The van der Waals surface area contributed by atoms with Crippen molar-refractivity contribution in [3.63, 3.8) is 0 Å². The van der Waals surface area contributed by atoms with Gasteiger partial charge in [-0.25, -0.2) is 9.59 Å². The summed E-state index contributed by atoms with van der Waals surface area (Å²) in [6.45, 7) is 8.99. The van der Waals surface area contributed by atoms with Gasteiger partial charge < -0.3 is 14.2 Å². The molecule has 0 fully saturated rings. The van der Waals surface area contributed by atoms with Gasteiger partial charge in [-0.15, -0.1) is 0 Å². The molecule has 0 amide bonds. The van der Waals surface area contributed by atoms with Crippen molar-refractivity contribution in [3.05, 3.63) is 57.6 Å². The molecule has 0 saturated heterocycles. The standard InChI is InChI=1S/C21H23BrO5/c1-12(2)25-21(24)16-7-6-8-18(11-16)27-20(23)15(5)26-19-13(3)9-17(22)10-14(19)4/h6-12,15H,1-5H3. The summed E-state index contributed by atoms with van der Waals surface area (Å²) in [5.74, 6) is -0.103. The zero-order chi connectivity index (χ0) is 20.1. The lowest BCUT2D eigenvalue weighted by Crippen LogP contribution is -2.29. The summed E-state index contributed by atoms with van der Waals surface area (Å²) in [7, 11) is 0. The van der Waals surface area contributed by atoms with Crippen LogP contribution in [0.4, 0.5) is 0 Å². The van der Waals surface area contributed by atoms with Gasteiger partial charge in [-0.1, -0.05) is 22.0 Å². The molecule has 1 atom stereocenters. The van der Waals surface area contributed by atoms with Crippen molar-refractivity contribution in [3.8, 4) is 11.5 Å². The minimum absolute atomic E-state index is 0.227. The van der Waals surface area contributed by atoms with Gasteiger partial charge in [-0.05, 0) is 76.1 Å². The third-order valence-electron chi connectivity index (χ3n) is 3.68. The predicted molar refractivity (Wildman–Crippen MR) is 106 cm³/mol. The number of benzene rings is 2. The third-order valence-corrected chi connectivity index (χ3v) is 4.14. The fraction of sp³-hybridized carbons (Fsp3) is 0.333. The first-order valence-corrected chi connectivity index (χ1v) is 9.42. The Kier molecular flexibility index (Phi) is 7.02. The van der Waals surface area contributed by atoms with Crippen molar-refractivity contribution in [2.24, 2.45) is 0 Å². The van der Waals surface area contributed by atoms with E-state index in [0.29, 0.717) is 11.3 Å². The molecule has 2 rings (SSSR count). The average Bonchev–Trinajstić information content (AvgIpc) is 2.57. The molecule has 1 unspecified atom stereocenters. The Morgan fingerprint density at radius 3 is 2.22 bits per heavy atom. The van der Waals surface area contributed by atoms with Crippen LogP contribution in [0.15, 0.2) is 40.9 Å². The highest BCUT2D eigenvalue weighted by Crippen LogP contribution is 2.28. The Bertz CT molecular complexity index is 821. The zero-order valence-corrected chi connectivity index (χ0v) is 17.6. The van der Waals surface area contributed by atoms with Crippen LogP contribution in [-0.2, 0) is 9.53 Å². The van der Waals surface area contributed by atoms with Gasteiger partial charge in [0.15, 0.2) is 6.10 Å². The van der Waals surface area contributed by atoms with Crippen LogP contribution in [0.1, 0.15) is 42.3 Å². The van der Waals surface area contributed by atoms with E-state index in [1.165, 1.54) is 6.07 Å². The van der Waals surface area contributed by atoms with Gasteiger partial charge >= 0.3 is 11.9 Å². The number of halogens is 1. The fourth-order valence-corrected chi connectivity index (χ4v) is 3.16. The van der Waals surface area contributed by atoms with Gasteiger partial charge in [-0.3, -0.25) is 0 Å². The fourth-order valence-electron chi connectivity index (χ4n) is 2.48. The minimum atomic E-state index is -0.810. The van der Waals surface area contributed by atoms with Crippen LogP contribution in [0.3, 0.4) is 0 Å². The highest BCUT2D eigenvalue weighted by Gasteiger charge is 2.20. The van der Waals surface area contributed by atoms with E-state index < -0.39 is 18.0 Å². The molecule has 0 radical (unpaired) electrons. The topological polar surface area (TPSA) is 61.8 Å². The molecule has 5 nitrogen and oxygen atoms in total. The van der Waals surface area contributed by atoms with E-state index >= 15 is 0 Å². The lowest BCUT2D eigenvalue weighted by Gasteiger charge is -2.18. The number of aryl methyl sites for hydroxylation is 2. The molecule has 27 heavy (non-hydrogen) atoms. The summed E-state index contributed by atoms with van der Waals surface area (Å²) < 4.78 is 17.3. The number of ether oxygens (including phenoxy) is 3. The number of carbonyl (C=O) groups excluding carboxylic acids is 2. The van der Waals surface area contributed by atoms with Crippen LogP contribution < -0.4 is 9.47 Å². The molecule has 0 aliphatic carbocycles. The number of carbonyl (C=O) groups is 2. The number of rotatable bonds is 6. The lowest BCUT2D eigenvalue weighted by molar-refractivity contribution is -0.141. The first-order chi connectivity index (χ1) is 12.7. The van der Waals surface area contributed by atoms with Gasteiger partial charge in [0.1, 0.15) is 11.5 Å². The maximum atomic E-state index is 12.4. The number of hydrogen-bond acceptors (Lipinski definition) is 5. The number of hydrogen-bond donors (Lipinski definition) is 0. The van der Waals surface area contributed by atoms with Crippen molar-refractivity contribution >= 4 is 27.9 Å². The molecule has 0 spiro atoms. The molecule has 0 aliphatic heterocycles. The first-order valence-electron chi connectivity index (χ1n) is 8.63. The summed E-state index contributed by atoms with van der Waals surface area (Å²) >= 11 is 3.43. The van der Waals surface area contributed by atoms with Gasteiger partial charge in [-0.2, -0.15) is 0 Å². The summed E-state index contributed by atoms with van der Waals surface area (Å²) in [6, 6.07) is 10.2. The SMILES string of the molecule is Cc1cc(Br)cc(C)c1OC(C)C(=O)Oc1cccc(C(=O)OC(C)C)c1. The summed E-state index contributed by atoms with van der Waals surface area (Å²) in [5, 5.41) is 0. The molecule has 0 saturated carbocycles. The summed E-state index contributed by atoms with van der Waals surface area (Å²) in [6.07, 6.45) is -1.04. The maximum Gasteiger partial charge on any atom is 0.352 e. The van der Waals surface area contributed by atoms with Gasteiger partial charge in [0, 0.05) is 4.47 Å². The monoisotopic (exact) mass is 434 g/mol. The molecule has 0 heterocycles. The van der Waals surface area contributed by atoms with Gasteiger partial charge in [0.25, 0.3) is 0 Å². The Morgan fingerprint density at radius 2 is 1.63 bits per heavy atom. The molecular formula is C21H23BrO5. The first kappa shape index (κ1) is 21.0. The van der Waals surface area contributed by atoms with E-state index in [2.05, 4.69) is 15.9 Å². The second-order valence-corrected chi connectivity index (χ2v) is 7.45. The van der Waals surface area contributed by atoms with Gasteiger partial charge in [0.05, 0.1) is 11.7 Å². The molecule has 0 aliphatic rings. The van der Waals surface area contributed by atoms with Crippen molar-refractivity contribution in [2.75, 3.05) is 0 Å². The predicted octanol–water partition coefficient (Wildman–Crippen LogP) is 5.00. The minimum Gasteiger partial charge on any atom is -0.478 e. The van der Waals surface area contributed by atoms with Crippen LogP contribution in [0, 0.1) is 13.8 Å². The van der Waals surface area contributed by atoms with Crippen LogP contribution in [0.5, 0.6) is 11.5 Å². The number of esters is 2. The Labute approximate surface area is 167 Å². The lowest BCUT2D eigenvalue weighted by atomic mass is 10.1. The Hall–Kier alpha value is -2.34. The Balaban J connectivity index is 2.08. The van der Waals surface area contributed by atoms with Crippen LogP contribution in [0.25, 0.3) is 0 Å². The molecule has 0 bridgehead atoms. The average molecular weight is 435 g/mol. The molecule has 144 valence electrons. The summed E-state index contributed by atoms with van der Waals surface area (Å²) in [5.41, 5.74) is 2.15. The highest BCUT2D eigenvalue weighted by atomic mass is 79.9. The second kappa shape index (κ2) is 9.04. The smallest absolute Gasteiger partial charge is 0.352 e. The summed E-state index contributed by atoms with van der Waals surface area (Å²) in [4.78, 5) is 24.4. The van der Waals surface area contributed by atoms with Crippen molar-refractivity contribution < 1.29 is 23.8 Å². The van der Waals surface area contributed by atoms with E-state index in [9.17, 15) is 9.59 Å². The highest BCUT2D eigenvalue weighted by molar-refractivity contribution is 9.10. The van der Waals surface area contributed by atoms with Crippen molar-refractivity contribution in [2.45, 2.75) is 46.8 Å². The van der Waals surface area contributed by atoms with Crippen molar-refractivity contribution in [1.82, 2.24) is 0 Å². The van der Waals surface area contributed by atoms with Crippen LogP contribution in [-0.4, -0.2) is 24.1 Å². The molecule has 6 heteroatoms. The second-order valence-electron chi connectivity index (χ2n) is 6.53. The maximum absolute atomic E-state index is 12.4. The van der Waals surface area contributed by atoms with Crippen LogP contribution >= 0.6 is 15.9 Å². The van der Waals surface area contributed by atoms with E-state index in [0.717, 1.165) is 15.6 Å². The van der Waals surface area contributed by atoms with E-state index in [1.807, 2.05) is 26.0 Å². The van der Waals surface area contributed by atoms with Crippen molar-refractivity contribution in [1.29, 1.82) is 0 Å². The van der Waals surface area contributed by atoms with Crippen LogP contribution in [0.2, 0.25) is 0 Å². The largest absolute Gasteiger partial charge is 0.478 e. The molecule has 0 aromatic heterocycles. The van der Waals surface area contributed by atoms with E-state index in [1.54, 1.807) is 39.0 Å². The van der Waals surface area contributed by atoms with Gasteiger partial charge in [0.2, 0.25) is 0 Å². The normalized spacial score (nSPS) is 11.8. The zero-order valence-electron chi connectivity index (χ0n) is 16.0. The molecule has 2 aromatic carbocycles. The van der Waals surface area contributed by atoms with E-state index in [4.69, 9.17) is 14.2 Å². The Morgan fingerprint density at radius 1 is 1.00 bits per heavy atom. The molecule has 2 aromatic rings.